The van der Waals surface area contributed by atoms with Crippen molar-refractivity contribution in [2.45, 2.75) is 6.92 Å². The summed E-state index contributed by atoms with van der Waals surface area (Å²) in [6.45, 7) is 2.08. The molecule has 0 saturated carbocycles. The zero-order valence-electron chi connectivity index (χ0n) is 11.2. The molecule has 2 aromatic carbocycles. The van der Waals surface area contributed by atoms with Crippen LogP contribution in [0.15, 0.2) is 65.8 Å². The van der Waals surface area contributed by atoms with E-state index in [9.17, 15) is 4.79 Å². The first kappa shape index (κ1) is 13.8. The van der Waals surface area contributed by atoms with Crippen LogP contribution in [0.2, 0.25) is 0 Å². The second-order valence-corrected chi connectivity index (χ2v) is 4.02. The zero-order chi connectivity index (χ0) is 14.2. The van der Waals surface area contributed by atoms with Gasteiger partial charge >= 0.3 is 5.97 Å². The number of esters is 1. The van der Waals surface area contributed by atoms with Gasteiger partial charge in [0.25, 0.3) is 0 Å². The Bertz CT molecular complexity index is 580. The topological polar surface area (TPSA) is 50.7 Å². The van der Waals surface area contributed by atoms with Crippen molar-refractivity contribution < 1.29 is 9.53 Å². The SMILES string of the molecule is CCOC(=O)C(=NNc1ccccc1)c1ccccc1. The molecule has 0 atom stereocenters. The fourth-order valence-electron chi connectivity index (χ4n) is 1.66. The van der Waals surface area contributed by atoms with Crippen LogP contribution in [0.5, 0.6) is 0 Å². The van der Waals surface area contributed by atoms with Gasteiger partial charge in [0, 0.05) is 5.56 Å². The molecule has 2 aromatic rings. The summed E-state index contributed by atoms with van der Waals surface area (Å²) in [6, 6.07) is 18.7. The van der Waals surface area contributed by atoms with E-state index in [1.54, 1.807) is 6.92 Å². The normalized spacial score (nSPS) is 10.9. The maximum atomic E-state index is 12.0. The molecule has 4 heteroatoms. The Morgan fingerprint density at radius 1 is 1.05 bits per heavy atom. The van der Waals surface area contributed by atoms with Crippen LogP contribution >= 0.6 is 0 Å². The van der Waals surface area contributed by atoms with Gasteiger partial charge in [0.1, 0.15) is 0 Å². The second kappa shape index (κ2) is 7.09. The zero-order valence-corrected chi connectivity index (χ0v) is 11.2. The van der Waals surface area contributed by atoms with Gasteiger partial charge in [-0.05, 0) is 19.1 Å². The van der Waals surface area contributed by atoms with E-state index < -0.39 is 5.97 Å². The average molecular weight is 268 g/mol. The van der Waals surface area contributed by atoms with Gasteiger partial charge in [-0.25, -0.2) is 4.79 Å². The molecular weight excluding hydrogens is 252 g/mol. The van der Waals surface area contributed by atoms with E-state index in [1.165, 1.54) is 0 Å². The Morgan fingerprint density at radius 3 is 2.25 bits per heavy atom. The molecule has 2 rings (SSSR count). The number of nitrogens with one attached hydrogen (secondary N) is 1. The van der Waals surface area contributed by atoms with E-state index in [4.69, 9.17) is 4.74 Å². The van der Waals surface area contributed by atoms with Crippen molar-refractivity contribution in [1.29, 1.82) is 0 Å². The third-order valence-electron chi connectivity index (χ3n) is 2.59. The van der Waals surface area contributed by atoms with E-state index in [2.05, 4.69) is 10.5 Å². The van der Waals surface area contributed by atoms with Gasteiger partial charge in [0.2, 0.25) is 0 Å². The fourth-order valence-corrected chi connectivity index (χ4v) is 1.66. The lowest BCUT2D eigenvalue weighted by Crippen LogP contribution is -2.20. The van der Waals surface area contributed by atoms with Crippen molar-refractivity contribution in [2.75, 3.05) is 12.0 Å². The van der Waals surface area contributed by atoms with Gasteiger partial charge in [0.15, 0.2) is 5.71 Å². The molecule has 0 heterocycles. The van der Waals surface area contributed by atoms with Gasteiger partial charge in [-0.3, -0.25) is 5.43 Å². The standard InChI is InChI=1S/C16H16N2O2/c1-2-20-16(19)15(13-9-5-3-6-10-13)18-17-14-11-7-4-8-12-14/h3-12,17H,2H2,1H3. The number of anilines is 1. The number of nitrogens with zero attached hydrogens (tertiary/aromatic N) is 1. The minimum absolute atomic E-state index is 0.260. The molecule has 0 unspecified atom stereocenters. The smallest absolute Gasteiger partial charge is 0.359 e. The van der Waals surface area contributed by atoms with Crippen molar-refractivity contribution >= 4 is 17.4 Å². The molecule has 0 aliphatic rings. The van der Waals surface area contributed by atoms with Gasteiger partial charge in [-0.2, -0.15) is 5.10 Å². The number of carbonyl (C=O) groups is 1. The van der Waals surface area contributed by atoms with Gasteiger partial charge in [-0.15, -0.1) is 0 Å². The second-order valence-electron chi connectivity index (χ2n) is 4.02. The van der Waals surface area contributed by atoms with Crippen LogP contribution in [0.1, 0.15) is 12.5 Å². The fraction of sp³-hybridized carbons (Fsp3) is 0.125. The minimum Gasteiger partial charge on any atom is -0.461 e. The molecular formula is C16H16N2O2. The first-order chi connectivity index (χ1) is 9.81. The molecule has 4 nitrogen and oxygen atoms in total. The van der Waals surface area contributed by atoms with Crippen LogP contribution in [0.3, 0.4) is 0 Å². The highest BCUT2D eigenvalue weighted by atomic mass is 16.5. The quantitative estimate of drug-likeness (QED) is 0.515. The number of benzene rings is 2. The Morgan fingerprint density at radius 2 is 1.65 bits per heavy atom. The summed E-state index contributed by atoms with van der Waals surface area (Å²) in [5.41, 5.74) is 4.66. The van der Waals surface area contributed by atoms with Crippen LogP contribution in [-0.2, 0) is 9.53 Å². The van der Waals surface area contributed by atoms with Crippen molar-refractivity contribution in [3.05, 3.63) is 66.2 Å². The molecule has 20 heavy (non-hydrogen) atoms. The lowest BCUT2D eigenvalue weighted by Gasteiger charge is -2.07. The van der Waals surface area contributed by atoms with Crippen LogP contribution < -0.4 is 5.43 Å². The summed E-state index contributed by atoms with van der Waals surface area (Å²) < 4.78 is 5.04. The van der Waals surface area contributed by atoms with Crippen LogP contribution in [-0.4, -0.2) is 18.3 Å². The lowest BCUT2D eigenvalue weighted by molar-refractivity contribution is -0.134. The molecule has 0 aromatic heterocycles. The number of carbonyl (C=O) groups excluding carboxylic acids is 1. The molecule has 1 N–H and O–H groups in total. The summed E-state index contributed by atoms with van der Waals surface area (Å²) >= 11 is 0. The summed E-state index contributed by atoms with van der Waals surface area (Å²) in [4.78, 5) is 12.0. The highest BCUT2D eigenvalue weighted by Crippen LogP contribution is 2.08. The molecule has 0 aliphatic carbocycles. The Kier molecular flexibility index (Phi) is 4.89. The van der Waals surface area contributed by atoms with Crippen molar-refractivity contribution in [3.63, 3.8) is 0 Å². The highest BCUT2D eigenvalue weighted by Gasteiger charge is 2.15. The van der Waals surface area contributed by atoms with Crippen LogP contribution in [0, 0.1) is 0 Å². The lowest BCUT2D eigenvalue weighted by atomic mass is 10.1. The molecule has 102 valence electrons. The third kappa shape index (κ3) is 3.68. The summed E-state index contributed by atoms with van der Waals surface area (Å²) in [5.74, 6) is -0.442. The Hall–Kier alpha value is -2.62. The minimum atomic E-state index is -0.442. The maximum Gasteiger partial charge on any atom is 0.359 e. The van der Waals surface area contributed by atoms with Crippen molar-refractivity contribution in [1.82, 2.24) is 0 Å². The maximum absolute atomic E-state index is 12.0. The molecule has 0 aliphatic heterocycles. The average Bonchev–Trinajstić information content (AvgIpc) is 2.50. The van der Waals surface area contributed by atoms with Gasteiger partial charge in [-0.1, -0.05) is 48.5 Å². The third-order valence-corrected chi connectivity index (χ3v) is 2.59. The van der Waals surface area contributed by atoms with E-state index >= 15 is 0 Å². The Labute approximate surface area is 118 Å². The van der Waals surface area contributed by atoms with Gasteiger partial charge < -0.3 is 4.74 Å². The number of hydrogen-bond donors (Lipinski definition) is 1. The summed E-state index contributed by atoms with van der Waals surface area (Å²) in [6.07, 6.45) is 0. The molecule has 0 spiro atoms. The van der Waals surface area contributed by atoms with Crippen molar-refractivity contribution in [3.8, 4) is 0 Å². The van der Waals surface area contributed by atoms with E-state index in [-0.39, 0.29) is 5.71 Å². The van der Waals surface area contributed by atoms with Crippen molar-refractivity contribution in [2.24, 2.45) is 5.10 Å². The predicted octanol–water partition coefficient (Wildman–Crippen LogP) is 3.07. The molecule has 0 bridgehead atoms. The molecule has 0 amide bonds. The number of rotatable bonds is 5. The van der Waals surface area contributed by atoms with E-state index in [0.29, 0.717) is 6.61 Å². The first-order valence-corrected chi connectivity index (χ1v) is 6.42. The van der Waals surface area contributed by atoms with Gasteiger partial charge in [0.05, 0.1) is 12.3 Å². The van der Waals surface area contributed by atoms with Crippen LogP contribution in [0.25, 0.3) is 0 Å². The summed E-state index contributed by atoms with van der Waals surface area (Å²) in [7, 11) is 0. The number of para-hydroxylation sites is 1. The monoisotopic (exact) mass is 268 g/mol. The molecule has 0 radical (unpaired) electrons. The Balaban J connectivity index is 2.25. The number of hydrogen-bond acceptors (Lipinski definition) is 4. The molecule has 0 fully saturated rings. The summed E-state index contributed by atoms with van der Waals surface area (Å²) in [5, 5.41) is 4.17. The van der Waals surface area contributed by atoms with E-state index in [0.717, 1.165) is 11.3 Å². The van der Waals surface area contributed by atoms with E-state index in [1.807, 2.05) is 60.7 Å². The first-order valence-electron chi connectivity index (χ1n) is 6.42. The number of ether oxygens (including phenoxy) is 1. The number of hydrazone groups is 1. The highest BCUT2D eigenvalue weighted by molar-refractivity contribution is 6.43. The predicted molar refractivity (Wildman–Crippen MR) is 79.7 cm³/mol. The molecule has 0 saturated heterocycles. The largest absolute Gasteiger partial charge is 0.461 e. The van der Waals surface area contributed by atoms with Crippen LogP contribution in [0.4, 0.5) is 5.69 Å².